The minimum absolute atomic E-state index is 0.274. The lowest BCUT2D eigenvalue weighted by atomic mass is 10.1. The third kappa shape index (κ3) is 2.98. The molecule has 4 nitrogen and oxygen atoms in total. The number of hydrogen-bond acceptors (Lipinski definition) is 3. The molecule has 0 radical (unpaired) electrons. The molecule has 2 aromatic rings. The second kappa shape index (κ2) is 5.93. The van der Waals surface area contributed by atoms with Crippen molar-refractivity contribution in [2.75, 3.05) is 0 Å². The highest BCUT2D eigenvalue weighted by atomic mass is 19.1. The van der Waals surface area contributed by atoms with Crippen LogP contribution < -0.4 is 5.73 Å². The van der Waals surface area contributed by atoms with E-state index >= 15 is 0 Å². The van der Waals surface area contributed by atoms with E-state index in [1.165, 1.54) is 6.07 Å². The number of nitrogens with two attached hydrogens (primary N) is 1. The van der Waals surface area contributed by atoms with Gasteiger partial charge in [0.15, 0.2) is 5.82 Å². The third-order valence-corrected chi connectivity index (χ3v) is 3.10. The molecule has 19 heavy (non-hydrogen) atoms. The van der Waals surface area contributed by atoms with Crippen LogP contribution in [-0.4, -0.2) is 14.8 Å². The molecule has 2 rings (SSSR count). The predicted octanol–water partition coefficient (Wildman–Crippen LogP) is 2.24. The van der Waals surface area contributed by atoms with E-state index in [2.05, 4.69) is 10.1 Å². The topological polar surface area (TPSA) is 56.7 Å². The van der Waals surface area contributed by atoms with Crippen LogP contribution >= 0.6 is 0 Å². The fourth-order valence-corrected chi connectivity index (χ4v) is 2.04. The summed E-state index contributed by atoms with van der Waals surface area (Å²) >= 11 is 0. The average Bonchev–Trinajstić information content (AvgIpc) is 2.81. The minimum Gasteiger partial charge on any atom is -0.322 e. The van der Waals surface area contributed by atoms with Gasteiger partial charge in [-0.05, 0) is 6.07 Å². The molecular formula is C14H19FN4. The Morgan fingerprint density at radius 3 is 2.63 bits per heavy atom. The van der Waals surface area contributed by atoms with Crippen LogP contribution in [0.3, 0.4) is 0 Å². The summed E-state index contributed by atoms with van der Waals surface area (Å²) < 4.78 is 15.5. The van der Waals surface area contributed by atoms with Crippen molar-refractivity contribution in [3.05, 3.63) is 47.3 Å². The summed E-state index contributed by atoms with van der Waals surface area (Å²) in [6.07, 6.45) is 1.58. The first-order chi connectivity index (χ1) is 9.15. The largest absolute Gasteiger partial charge is 0.322 e. The van der Waals surface area contributed by atoms with Gasteiger partial charge in [-0.3, -0.25) is 0 Å². The maximum Gasteiger partial charge on any atom is 0.150 e. The van der Waals surface area contributed by atoms with Gasteiger partial charge in [-0.2, -0.15) is 5.10 Å². The molecule has 0 aliphatic rings. The summed E-state index contributed by atoms with van der Waals surface area (Å²) in [5.74, 6) is 1.42. The van der Waals surface area contributed by atoms with Crippen molar-refractivity contribution >= 4 is 0 Å². The van der Waals surface area contributed by atoms with Crippen molar-refractivity contribution in [3.8, 4) is 0 Å². The number of rotatable bonds is 5. The van der Waals surface area contributed by atoms with Gasteiger partial charge in [0.05, 0.1) is 12.6 Å². The molecule has 0 saturated carbocycles. The number of aromatic nitrogens is 3. The Balaban J connectivity index is 2.21. The Kier molecular flexibility index (Phi) is 4.27. The lowest BCUT2D eigenvalue weighted by Crippen LogP contribution is -2.21. The first-order valence-corrected chi connectivity index (χ1v) is 6.58. The van der Waals surface area contributed by atoms with Gasteiger partial charge in [0, 0.05) is 18.4 Å². The Bertz CT molecular complexity index is 550. The quantitative estimate of drug-likeness (QED) is 0.899. The van der Waals surface area contributed by atoms with E-state index in [0.717, 1.165) is 24.5 Å². The van der Waals surface area contributed by atoms with Crippen molar-refractivity contribution in [3.63, 3.8) is 0 Å². The number of hydrogen-bond donors (Lipinski definition) is 1. The summed E-state index contributed by atoms with van der Waals surface area (Å²) in [5.41, 5.74) is 6.59. The average molecular weight is 262 g/mol. The molecule has 1 heterocycles. The van der Waals surface area contributed by atoms with E-state index in [1.54, 1.807) is 22.9 Å². The van der Waals surface area contributed by atoms with Gasteiger partial charge in [-0.25, -0.2) is 14.1 Å². The van der Waals surface area contributed by atoms with Crippen LogP contribution in [0.1, 0.15) is 37.1 Å². The van der Waals surface area contributed by atoms with E-state index in [-0.39, 0.29) is 5.82 Å². The number of nitrogens with zero attached hydrogens (tertiary/aromatic N) is 3. The maximum absolute atomic E-state index is 13.7. The lowest BCUT2D eigenvalue weighted by molar-refractivity contribution is 0.485. The zero-order valence-corrected chi connectivity index (χ0v) is 11.3. The smallest absolute Gasteiger partial charge is 0.150 e. The van der Waals surface area contributed by atoms with Crippen LogP contribution in [0.25, 0.3) is 0 Å². The summed E-state index contributed by atoms with van der Waals surface area (Å²) in [4.78, 5) is 4.42. The molecule has 0 saturated heterocycles. The molecule has 1 aromatic carbocycles. The molecule has 0 bridgehead atoms. The SMILES string of the molecule is CCc1nc(CC)n(CC(N)c2ccccc2F)n1. The van der Waals surface area contributed by atoms with Crippen molar-refractivity contribution < 1.29 is 4.39 Å². The minimum atomic E-state index is -0.419. The third-order valence-electron chi connectivity index (χ3n) is 3.10. The predicted molar refractivity (Wildman–Crippen MR) is 72.1 cm³/mol. The Labute approximate surface area is 112 Å². The number of benzene rings is 1. The van der Waals surface area contributed by atoms with Crippen LogP contribution in [0.4, 0.5) is 4.39 Å². The van der Waals surface area contributed by atoms with Crippen molar-refractivity contribution in [2.24, 2.45) is 5.73 Å². The second-order valence-electron chi connectivity index (χ2n) is 4.46. The summed E-state index contributed by atoms with van der Waals surface area (Å²) in [6.45, 7) is 4.47. The lowest BCUT2D eigenvalue weighted by Gasteiger charge is -2.14. The Morgan fingerprint density at radius 2 is 2.00 bits per heavy atom. The number of aryl methyl sites for hydroxylation is 2. The van der Waals surface area contributed by atoms with E-state index < -0.39 is 6.04 Å². The zero-order valence-electron chi connectivity index (χ0n) is 11.3. The van der Waals surface area contributed by atoms with Crippen LogP contribution in [0, 0.1) is 5.82 Å². The molecule has 2 N–H and O–H groups in total. The van der Waals surface area contributed by atoms with E-state index in [4.69, 9.17) is 5.73 Å². The van der Waals surface area contributed by atoms with Crippen molar-refractivity contribution in [2.45, 2.75) is 39.3 Å². The molecule has 0 aliphatic heterocycles. The zero-order chi connectivity index (χ0) is 13.8. The summed E-state index contributed by atoms with van der Waals surface area (Å²) in [5, 5.41) is 4.40. The van der Waals surface area contributed by atoms with Gasteiger partial charge in [0.1, 0.15) is 11.6 Å². The maximum atomic E-state index is 13.7. The molecule has 0 fully saturated rings. The van der Waals surface area contributed by atoms with Gasteiger partial charge in [0.2, 0.25) is 0 Å². The summed E-state index contributed by atoms with van der Waals surface area (Å²) in [6, 6.07) is 6.17. The van der Waals surface area contributed by atoms with Crippen LogP contribution in [-0.2, 0) is 19.4 Å². The molecule has 0 spiro atoms. The molecular weight excluding hydrogens is 243 g/mol. The fraction of sp³-hybridized carbons (Fsp3) is 0.429. The molecule has 1 aromatic heterocycles. The monoisotopic (exact) mass is 262 g/mol. The first kappa shape index (κ1) is 13.7. The van der Waals surface area contributed by atoms with Gasteiger partial charge in [-0.1, -0.05) is 32.0 Å². The van der Waals surface area contributed by atoms with E-state index in [9.17, 15) is 4.39 Å². The van der Waals surface area contributed by atoms with Crippen LogP contribution in [0.2, 0.25) is 0 Å². The number of halogens is 1. The van der Waals surface area contributed by atoms with Crippen molar-refractivity contribution in [1.82, 2.24) is 14.8 Å². The molecule has 102 valence electrons. The standard InChI is InChI=1S/C14H19FN4/c1-3-13-17-14(4-2)19(18-13)9-12(16)10-7-5-6-8-11(10)15/h5-8,12H,3-4,9,16H2,1-2H3. The molecule has 1 unspecified atom stereocenters. The Hall–Kier alpha value is -1.75. The highest BCUT2D eigenvalue weighted by Crippen LogP contribution is 2.16. The first-order valence-electron chi connectivity index (χ1n) is 6.58. The van der Waals surface area contributed by atoms with Gasteiger partial charge >= 0.3 is 0 Å². The normalized spacial score (nSPS) is 12.6. The van der Waals surface area contributed by atoms with E-state index in [0.29, 0.717) is 12.1 Å². The highest BCUT2D eigenvalue weighted by Gasteiger charge is 2.15. The molecule has 0 aliphatic carbocycles. The molecule has 1 atom stereocenters. The van der Waals surface area contributed by atoms with Crippen LogP contribution in [0.5, 0.6) is 0 Å². The Morgan fingerprint density at radius 1 is 1.26 bits per heavy atom. The van der Waals surface area contributed by atoms with Gasteiger partial charge in [0.25, 0.3) is 0 Å². The summed E-state index contributed by atoms with van der Waals surface area (Å²) in [7, 11) is 0. The van der Waals surface area contributed by atoms with Gasteiger partial charge in [-0.15, -0.1) is 0 Å². The highest BCUT2D eigenvalue weighted by molar-refractivity contribution is 5.20. The molecule has 5 heteroatoms. The van der Waals surface area contributed by atoms with E-state index in [1.807, 2.05) is 13.8 Å². The van der Waals surface area contributed by atoms with Crippen molar-refractivity contribution in [1.29, 1.82) is 0 Å². The van der Waals surface area contributed by atoms with Gasteiger partial charge < -0.3 is 5.73 Å². The fourth-order valence-electron chi connectivity index (χ4n) is 2.04. The second-order valence-corrected chi connectivity index (χ2v) is 4.46. The molecule has 0 amide bonds. The van der Waals surface area contributed by atoms with Crippen LogP contribution in [0.15, 0.2) is 24.3 Å².